The van der Waals surface area contributed by atoms with Crippen LogP contribution in [0.2, 0.25) is 0 Å². The molecule has 0 fully saturated rings. The first kappa shape index (κ1) is 12.9. The molecule has 0 aliphatic heterocycles. The minimum absolute atomic E-state index is 0.188. The molecule has 0 saturated carbocycles. The van der Waals surface area contributed by atoms with Gasteiger partial charge in [-0.05, 0) is 20.8 Å². The third-order valence-electron chi connectivity index (χ3n) is 0.689. The number of hydrogen-bond acceptors (Lipinski definition) is 0. The second-order valence-corrected chi connectivity index (χ2v) is 1.71. The highest BCUT2D eigenvalue weighted by Gasteiger charge is 2.20. The van der Waals surface area contributed by atoms with Crippen LogP contribution in [0.15, 0.2) is 24.3 Å². The Hall–Kier alpha value is -0.730. The SMILES string of the molecule is CC=CC.CC=CC(F)(F)F. The maximum atomic E-state index is 11.0. The zero-order valence-corrected chi connectivity index (χ0v) is 6.94. The van der Waals surface area contributed by atoms with E-state index in [0.29, 0.717) is 0 Å². The second-order valence-electron chi connectivity index (χ2n) is 1.71. The molecule has 0 radical (unpaired) electrons. The molecule has 0 saturated heterocycles. The van der Waals surface area contributed by atoms with E-state index in [-0.39, 0.29) is 6.08 Å². The van der Waals surface area contributed by atoms with Gasteiger partial charge in [0.1, 0.15) is 0 Å². The van der Waals surface area contributed by atoms with E-state index < -0.39 is 6.18 Å². The van der Waals surface area contributed by atoms with Crippen molar-refractivity contribution in [1.82, 2.24) is 0 Å². The summed E-state index contributed by atoms with van der Waals surface area (Å²) in [6.45, 7) is 5.33. The van der Waals surface area contributed by atoms with E-state index in [4.69, 9.17) is 0 Å². The van der Waals surface area contributed by atoms with Gasteiger partial charge in [-0.2, -0.15) is 13.2 Å². The van der Waals surface area contributed by atoms with Gasteiger partial charge >= 0.3 is 6.18 Å². The van der Waals surface area contributed by atoms with Crippen LogP contribution in [-0.4, -0.2) is 6.18 Å². The van der Waals surface area contributed by atoms with Crippen molar-refractivity contribution in [3.63, 3.8) is 0 Å². The molecule has 0 unspecified atom stereocenters. The number of alkyl halides is 3. The highest BCUT2D eigenvalue weighted by atomic mass is 19.4. The zero-order chi connectivity index (χ0) is 9.33. The van der Waals surface area contributed by atoms with Crippen molar-refractivity contribution in [3.8, 4) is 0 Å². The van der Waals surface area contributed by atoms with Crippen molar-refractivity contribution in [2.24, 2.45) is 0 Å². The van der Waals surface area contributed by atoms with E-state index in [9.17, 15) is 13.2 Å². The fourth-order valence-corrected chi connectivity index (χ4v) is 0.189. The Bertz CT molecular complexity index is 116. The molecular formula is C8H13F3. The van der Waals surface area contributed by atoms with Crippen molar-refractivity contribution in [2.45, 2.75) is 26.9 Å². The van der Waals surface area contributed by atoms with Crippen LogP contribution in [0.4, 0.5) is 13.2 Å². The first-order valence-corrected chi connectivity index (χ1v) is 3.25. The Morgan fingerprint density at radius 2 is 1.18 bits per heavy atom. The fourth-order valence-electron chi connectivity index (χ4n) is 0.189. The van der Waals surface area contributed by atoms with E-state index in [1.165, 1.54) is 6.92 Å². The lowest BCUT2D eigenvalue weighted by atomic mass is 10.5. The van der Waals surface area contributed by atoms with Crippen LogP contribution in [0.25, 0.3) is 0 Å². The lowest BCUT2D eigenvalue weighted by Crippen LogP contribution is -1.99. The van der Waals surface area contributed by atoms with Crippen LogP contribution in [0.3, 0.4) is 0 Å². The molecule has 0 bridgehead atoms. The first-order chi connectivity index (χ1) is 4.97. The fraction of sp³-hybridized carbons (Fsp3) is 0.500. The summed E-state index contributed by atoms with van der Waals surface area (Å²) in [5, 5.41) is 0. The summed E-state index contributed by atoms with van der Waals surface area (Å²) < 4.78 is 32.9. The minimum Gasteiger partial charge on any atom is -0.167 e. The maximum Gasteiger partial charge on any atom is 0.409 e. The average molecular weight is 166 g/mol. The van der Waals surface area contributed by atoms with Crippen LogP contribution >= 0.6 is 0 Å². The molecule has 0 aromatic rings. The quantitative estimate of drug-likeness (QED) is 0.481. The number of hydrogen-bond donors (Lipinski definition) is 0. The summed E-state index contributed by atoms with van der Waals surface area (Å²) >= 11 is 0. The van der Waals surface area contributed by atoms with E-state index >= 15 is 0 Å². The molecule has 0 heterocycles. The lowest BCUT2D eigenvalue weighted by Gasteiger charge is -1.93. The zero-order valence-electron chi connectivity index (χ0n) is 6.94. The summed E-state index contributed by atoms with van der Waals surface area (Å²) in [5.74, 6) is 0. The van der Waals surface area contributed by atoms with Crippen LogP contribution < -0.4 is 0 Å². The molecule has 3 heteroatoms. The average Bonchev–Trinajstić information content (AvgIpc) is 1.86. The molecule has 0 N–H and O–H groups in total. The van der Waals surface area contributed by atoms with Gasteiger partial charge in [0.2, 0.25) is 0 Å². The van der Waals surface area contributed by atoms with Crippen molar-refractivity contribution in [1.29, 1.82) is 0 Å². The first-order valence-electron chi connectivity index (χ1n) is 3.25. The van der Waals surface area contributed by atoms with Gasteiger partial charge in [-0.1, -0.05) is 18.2 Å². The molecule has 11 heavy (non-hydrogen) atoms. The molecule has 0 aliphatic rings. The third-order valence-corrected chi connectivity index (χ3v) is 0.689. The van der Waals surface area contributed by atoms with E-state index in [1.807, 2.05) is 26.0 Å². The third kappa shape index (κ3) is 26.9. The molecular weight excluding hydrogens is 153 g/mol. The summed E-state index contributed by atoms with van der Waals surface area (Å²) in [6, 6.07) is 0. The molecule has 0 rings (SSSR count). The standard InChI is InChI=1S/C4H5F3.C4H8/c1-2-3-4(5,6)7;1-3-4-2/h2-3H,1H3;3-4H,1-2H3. The van der Waals surface area contributed by atoms with Crippen LogP contribution in [0.1, 0.15) is 20.8 Å². The second kappa shape index (κ2) is 7.38. The van der Waals surface area contributed by atoms with Crippen molar-refractivity contribution in [2.75, 3.05) is 0 Å². The largest absolute Gasteiger partial charge is 0.409 e. The van der Waals surface area contributed by atoms with Crippen LogP contribution in [-0.2, 0) is 0 Å². The monoisotopic (exact) mass is 166 g/mol. The molecule has 66 valence electrons. The predicted molar refractivity (Wildman–Crippen MR) is 41.4 cm³/mol. The molecule has 0 spiro atoms. The minimum atomic E-state index is -4.13. The molecule has 0 amide bonds. The van der Waals surface area contributed by atoms with Gasteiger partial charge in [-0.15, -0.1) is 0 Å². The predicted octanol–water partition coefficient (Wildman–Crippen LogP) is 3.71. The maximum absolute atomic E-state index is 11.0. The highest BCUT2D eigenvalue weighted by Crippen LogP contribution is 2.15. The van der Waals surface area contributed by atoms with Crippen molar-refractivity contribution in [3.05, 3.63) is 24.3 Å². The highest BCUT2D eigenvalue weighted by molar-refractivity contribution is 4.84. The number of allylic oxidation sites excluding steroid dienone is 4. The van der Waals surface area contributed by atoms with Gasteiger partial charge in [-0.3, -0.25) is 0 Å². The number of rotatable bonds is 0. The smallest absolute Gasteiger partial charge is 0.167 e. The van der Waals surface area contributed by atoms with Crippen molar-refractivity contribution >= 4 is 0 Å². The normalized spacial score (nSPS) is 11.8. The van der Waals surface area contributed by atoms with Crippen LogP contribution in [0, 0.1) is 0 Å². The molecule has 0 aromatic carbocycles. The summed E-state index contributed by atoms with van der Waals surface area (Å²) in [4.78, 5) is 0. The molecule has 0 aromatic heterocycles. The summed E-state index contributed by atoms with van der Waals surface area (Å²) in [6.07, 6.45) is 1.02. The van der Waals surface area contributed by atoms with Gasteiger partial charge in [-0.25, -0.2) is 0 Å². The van der Waals surface area contributed by atoms with E-state index in [0.717, 1.165) is 6.08 Å². The van der Waals surface area contributed by atoms with Gasteiger partial charge in [0.05, 0.1) is 0 Å². The number of halogens is 3. The topological polar surface area (TPSA) is 0 Å². The molecule has 0 aliphatic carbocycles. The lowest BCUT2D eigenvalue weighted by molar-refractivity contribution is -0.0799. The summed E-state index contributed by atoms with van der Waals surface area (Å²) in [7, 11) is 0. The van der Waals surface area contributed by atoms with Gasteiger partial charge in [0.15, 0.2) is 0 Å². The van der Waals surface area contributed by atoms with Gasteiger partial charge in [0, 0.05) is 6.08 Å². The molecule has 0 atom stereocenters. The van der Waals surface area contributed by atoms with E-state index in [2.05, 4.69) is 0 Å². The Kier molecular flexibility index (Phi) is 8.65. The van der Waals surface area contributed by atoms with Crippen molar-refractivity contribution < 1.29 is 13.2 Å². The van der Waals surface area contributed by atoms with E-state index in [1.54, 1.807) is 0 Å². The Labute approximate surface area is 65.4 Å². The molecule has 0 nitrogen and oxygen atoms in total. The Balaban J connectivity index is 0. The van der Waals surface area contributed by atoms with Crippen LogP contribution in [0.5, 0.6) is 0 Å². The Morgan fingerprint density at radius 3 is 1.18 bits per heavy atom. The summed E-state index contributed by atoms with van der Waals surface area (Å²) in [5.41, 5.74) is 0. The van der Waals surface area contributed by atoms with Gasteiger partial charge < -0.3 is 0 Å². The Morgan fingerprint density at radius 1 is 0.818 bits per heavy atom. The van der Waals surface area contributed by atoms with Gasteiger partial charge in [0.25, 0.3) is 0 Å².